The standard InChI is InChI=1S/C16H23F2NO2/c1-11(2)8-13(20)10-19-16(21)5-3-4-12-6-7-14(17)15(18)9-12/h6-7,9,11,13,20H,3-5,8,10H2,1-2H3,(H,19,21). The number of aryl methyl sites for hydroxylation is 1. The van der Waals surface area contributed by atoms with Gasteiger partial charge in [0, 0.05) is 13.0 Å². The van der Waals surface area contributed by atoms with Crippen molar-refractivity contribution in [1.82, 2.24) is 5.32 Å². The molecule has 0 saturated carbocycles. The van der Waals surface area contributed by atoms with Gasteiger partial charge in [0.05, 0.1) is 6.10 Å². The highest BCUT2D eigenvalue weighted by Gasteiger charge is 2.09. The number of hydrogen-bond donors (Lipinski definition) is 2. The van der Waals surface area contributed by atoms with Crippen LogP contribution in [0.4, 0.5) is 8.78 Å². The van der Waals surface area contributed by atoms with Gasteiger partial charge in [0.1, 0.15) is 0 Å². The molecule has 0 fully saturated rings. The number of amides is 1. The molecule has 1 unspecified atom stereocenters. The monoisotopic (exact) mass is 299 g/mol. The van der Waals surface area contributed by atoms with Crippen LogP contribution in [0.25, 0.3) is 0 Å². The Morgan fingerprint density at radius 2 is 2.00 bits per heavy atom. The molecule has 0 saturated heterocycles. The average molecular weight is 299 g/mol. The van der Waals surface area contributed by atoms with Gasteiger partial charge in [-0.2, -0.15) is 0 Å². The fourth-order valence-electron chi connectivity index (χ4n) is 2.10. The minimum Gasteiger partial charge on any atom is -0.391 e. The topological polar surface area (TPSA) is 49.3 Å². The van der Waals surface area contributed by atoms with E-state index in [4.69, 9.17) is 0 Å². The molecule has 1 aromatic carbocycles. The van der Waals surface area contributed by atoms with E-state index in [0.29, 0.717) is 37.2 Å². The molecular weight excluding hydrogens is 276 g/mol. The molecule has 21 heavy (non-hydrogen) atoms. The third kappa shape index (κ3) is 7.18. The van der Waals surface area contributed by atoms with Crippen molar-refractivity contribution in [2.75, 3.05) is 6.54 Å². The molecule has 0 bridgehead atoms. The average Bonchev–Trinajstić information content (AvgIpc) is 2.40. The number of carbonyl (C=O) groups is 1. The molecular formula is C16H23F2NO2. The zero-order valence-electron chi connectivity index (χ0n) is 12.5. The smallest absolute Gasteiger partial charge is 0.220 e. The van der Waals surface area contributed by atoms with E-state index in [1.165, 1.54) is 6.07 Å². The zero-order valence-corrected chi connectivity index (χ0v) is 12.5. The molecule has 5 heteroatoms. The van der Waals surface area contributed by atoms with Gasteiger partial charge in [0.2, 0.25) is 5.91 Å². The first-order chi connectivity index (χ1) is 9.88. The predicted molar refractivity (Wildman–Crippen MR) is 77.8 cm³/mol. The van der Waals surface area contributed by atoms with Crippen LogP contribution in [0.1, 0.15) is 38.7 Å². The van der Waals surface area contributed by atoms with Gasteiger partial charge in [-0.3, -0.25) is 4.79 Å². The largest absolute Gasteiger partial charge is 0.391 e. The summed E-state index contributed by atoms with van der Waals surface area (Å²) < 4.78 is 25.7. The Balaban J connectivity index is 2.22. The molecule has 0 heterocycles. The van der Waals surface area contributed by atoms with Gasteiger partial charge in [0.25, 0.3) is 0 Å². The van der Waals surface area contributed by atoms with Crippen LogP contribution in [0.3, 0.4) is 0 Å². The van der Waals surface area contributed by atoms with Gasteiger partial charge >= 0.3 is 0 Å². The van der Waals surface area contributed by atoms with Crippen molar-refractivity contribution in [3.63, 3.8) is 0 Å². The molecule has 0 spiro atoms. The first kappa shape index (κ1) is 17.6. The fraction of sp³-hybridized carbons (Fsp3) is 0.562. The summed E-state index contributed by atoms with van der Waals surface area (Å²) in [6.07, 6.45) is 1.49. The lowest BCUT2D eigenvalue weighted by atomic mass is 10.1. The third-order valence-corrected chi connectivity index (χ3v) is 3.13. The van der Waals surface area contributed by atoms with Gasteiger partial charge in [-0.1, -0.05) is 19.9 Å². The lowest BCUT2D eigenvalue weighted by molar-refractivity contribution is -0.121. The molecule has 1 rings (SSSR count). The van der Waals surface area contributed by atoms with Crippen LogP contribution in [0.2, 0.25) is 0 Å². The Bertz CT molecular complexity index is 464. The second kappa shape index (κ2) is 8.72. The Kier molecular flexibility index (Phi) is 7.29. The quantitative estimate of drug-likeness (QED) is 0.775. The van der Waals surface area contributed by atoms with Crippen molar-refractivity contribution in [3.8, 4) is 0 Å². The number of rotatable bonds is 8. The molecule has 1 aromatic rings. The lowest BCUT2D eigenvalue weighted by Crippen LogP contribution is -2.32. The van der Waals surface area contributed by atoms with E-state index >= 15 is 0 Å². The van der Waals surface area contributed by atoms with Crippen molar-refractivity contribution in [3.05, 3.63) is 35.4 Å². The van der Waals surface area contributed by atoms with Crippen LogP contribution < -0.4 is 5.32 Å². The third-order valence-electron chi connectivity index (χ3n) is 3.13. The van der Waals surface area contributed by atoms with Crippen LogP contribution in [-0.4, -0.2) is 23.7 Å². The molecule has 0 aliphatic heterocycles. The normalized spacial score (nSPS) is 12.5. The number of nitrogens with one attached hydrogen (secondary N) is 1. The van der Waals surface area contributed by atoms with Crippen molar-refractivity contribution >= 4 is 5.91 Å². The molecule has 0 aliphatic carbocycles. The molecule has 3 nitrogen and oxygen atoms in total. The summed E-state index contributed by atoms with van der Waals surface area (Å²) in [5.41, 5.74) is 0.668. The van der Waals surface area contributed by atoms with Crippen LogP contribution in [0.15, 0.2) is 18.2 Å². The maximum Gasteiger partial charge on any atom is 0.220 e. The van der Waals surface area contributed by atoms with Crippen molar-refractivity contribution in [2.24, 2.45) is 5.92 Å². The van der Waals surface area contributed by atoms with Crippen molar-refractivity contribution in [1.29, 1.82) is 0 Å². The number of hydrogen-bond acceptors (Lipinski definition) is 2. The molecule has 1 amide bonds. The summed E-state index contributed by atoms with van der Waals surface area (Å²) in [5, 5.41) is 12.3. The summed E-state index contributed by atoms with van der Waals surface area (Å²) in [6.45, 7) is 4.27. The van der Waals surface area contributed by atoms with Crippen LogP contribution in [0, 0.1) is 17.6 Å². The van der Waals surface area contributed by atoms with E-state index in [-0.39, 0.29) is 12.5 Å². The first-order valence-corrected chi connectivity index (χ1v) is 7.27. The first-order valence-electron chi connectivity index (χ1n) is 7.27. The van der Waals surface area contributed by atoms with Crippen molar-refractivity contribution < 1.29 is 18.7 Å². The summed E-state index contributed by atoms with van der Waals surface area (Å²) in [5.74, 6) is -1.49. The number of carbonyl (C=O) groups excluding carboxylic acids is 1. The Hall–Kier alpha value is -1.49. The Labute approximate surface area is 124 Å². The van der Waals surface area contributed by atoms with E-state index in [1.54, 1.807) is 0 Å². The number of benzene rings is 1. The second-order valence-corrected chi connectivity index (χ2v) is 5.69. The molecule has 0 aliphatic rings. The minimum absolute atomic E-state index is 0.139. The van der Waals surface area contributed by atoms with E-state index in [9.17, 15) is 18.7 Å². The van der Waals surface area contributed by atoms with Gasteiger partial charge in [-0.05, 0) is 42.9 Å². The number of aliphatic hydroxyl groups excluding tert-OH is 1. The number of aliphatic hydroxyl groups is 1. The Morgan fingerprint density at radius 1 is 1.29 bits per heavy atom. The van der Waals surface area contributed by atoms with Gasteiger partial charge < -0.3 is 10.4 Å². The van der Waals surface area contributed by atoms with Crippen LogP contribution >= 0.6 is 0 Å². The molecule has 1 atom stereocenters. The molecule has 0 aromatic heterocycles. The summed E-state index contributed by atoms with van der Waals surface area (Å²) in [7, 11) is 0. The number of halogens is 2. The lowest BCUT2D eigenvalue weighted by Gasteiger charge is -2.13. The SMILES string of the molecule is CC(C)CC(O)CNC(=O)CCCc1ccc(F)c(F)c1. The maximum atomic E-state index is 13.0. The highest BCUT2D eigenvalue weighted by molar-refractivity contribution is 5.75. The van der Waals surface area contributed by atoms with Gasteiger partial charge in [-0.15, -0.1) is 0 Å². The van der Waals surface area contributed by atoms with Gasteiger partial charge in [0.15, 0.2) is 11.6 Å². The fourth-order valence-corrected chi connectivity index (χ4v) is 2.10. The highest BCUT2D eigenvalue weighted by atomic mass is 19.2. The maximum absolute atomic E-state index is 13.0. The van der Waals surface area contributed by atoms with Crippen LogP contribution in [-0.2, 0) is 11.2 Å². The second-order valence-electron chi connectivity index (χ2n) is 5.69. The summed E-state index contributed by atoms with van der Waals surface area (Å²) in [6, 6.07) is 3.76. The predicted octanol–water partition coefficient (Wildman–Crippen LogP) is 2.81. The van der Waals surface area contributed by atoms with E-state index in [0.717, 1.165) is 12.1 Å². The summed E-state index contributed by atoms with van der Waals surface area (Å²) in [4.78, 5) is 11.6. The van der Waals surface area contributed by atoms with Gasteiger partial charge in [-0.25, -0.2) is 8.78 Å². The zero-order chi connectivity index (χ0) is 15.8. The highest BCUT2D eigenvalue weighted by Crippen LogP contribution is 2.11. The van der Waals surface area contributed by atoms with Crippen molar-refractivity contribution in [2.45, 2.75) is 45.6 Å². The van der Waals surface area contributed by atoms with Crippen LogP contribution in [0.5, 0.6) is 0 Å². The summed E-state index contributed by atoms with van der Waals surface area (Å²) >= 11 is 0. The Morgan fingerprint density at radius 3 is 2.62 bits per heavy atom. The van der Waals surface area contributed by atoms with E-state index in [1.807, 2.05) is 13.8 Å². The van der Waals surface area contributed by atoms with E-state index < -0.39 is 17.7 Å². The molecule has 2 N–H and O–H groups in total. The molecule has 118 valence electrons. The van der Waals surface area contributed by atoms with E-state index in [2.05, 4.69) is 5.32 Å². The minimum atomic E-state index is -0.867. The molecule has 0 radical (unpaired) electrons.